The van der Waals surface area contributed by atoms with Crippen molar-refractivity contribution in [1.82, 2.24) is 10.2 Å². The van der Waals surface area contributed by atoms with Crippen molar-refractivity contribution in [1.29, 1.82) is 0 Å². The molecule has 5 heteroatoms. The van der Waals surface area contributed by atoms with Crippen molar-refractivity contribution >= 4 is 5.91 Å². The van der Waals surface area contributed by atoms with Gasteiger partial charge in [0.15, 0.2) is 0 Å². The standard InChI is InChI=1S/C11H22N2O3/c1-4-15-6-5-13(3)10(14)7-16-11(2)8-12-9-11/h12H,4-9H2,1-3H3. The maximum absolute atomic E-state index is 11.6. The highest BCUT2D eigenvalue weighted by atomic mass is 16.5. The maximum Gasteiger partial charge on any atom is 0.248 e. The highest BCUT2D eigenvalue weighted by Gasteiger charge is 2.33. The molecule has 0 aromatic rings. The van der Waals surface area contributed by atoms with Gasteiger partial charge in [0.05, 0.1) is 12.2 Å². The molecule has 1 aliphatic rings. The smallest absolute Gasteiger partial charge is 0.248 e. The lowest BCUT2D eigenvalue weighted by molar-refractivity contribution is -0.145. The van der Waals surface area contributed by atoms with Crippen molar-refractivity contribution in [2.24, 2.45) is 0 Å². The number of amides is 1. The zero-order valence-electron chi connectivity index (χ0n) is 10.4. The van der Waals surface area contributed by atoms with E-state index in [2.05, 4.69) is 5.32 Å². The molecule has 1 fully saturated rings. The number of nitrogens with zero attached hydrogens (tertiary/aromatic N) is 1. The topological polar surface area (TPSA) is 50.8 Å². The molecule has 5 nitrogen and oxygen atoms in total. The van der Waals surface area contributed by atoms with Crippen LogP contribution in [0.2, 0.25) is 0 Å². The Kier molecular flexibility index (Phi) is 5.18. The van der Waals surface area contributed by atoms with E-state index >= 15 is 0 Å². The van der Waals surface area contributed by atoms with Crippen LogP contribution in [0.3, 0.4) is 0 Å². The van der Waals surface area contributed by atoms with Gasteiger partial charge in [-0.3, -0.25) is 4.79 Å². The van der Waals surface area contributed by atoms with Crippen LogP contribution < -0.4 is 5.32 Å². The fourth-order valence-corrected chi connectivity index (χ4v) is 1.40. The second-order valence-electron chi connectivity index (χ2n) is 4.35. The van der Waals surface area contributed by atoms with E-state index in [1.54, 1.807) is 11.9 Å². The Morgan fingerprint density at radius 3 is 2.69 bits per heavy atom. The summed E-state index contributed by atoms with van der Waals surface area (Å²) in [6.07, 6.45) is 0. The van der Waals surface area contributed by atoms with Gasteiger partial charge >= 0.3 is 0 Å². The summed E-state index contributed by atoms with van der Waals surface area (Å²) in [6.45, 7) is 7.63. The van der Waals surface area contributed by atoms with Crippen LogP contribution in [0.4, 0.5) is 0 Å². The van der Waals surface area contributed by atoms with Crippen LogP contribution in [0.25, 0.3) is 0 Å². The van der Waals surface area contributed by atoms with Gasteiger partial charge in [0.2, 0.25) is 5.91 Å². The number of likely N-dealkylation sites (N-methyl/N-ethyl adjacent to an activating group) is 1. The predicted octanol–water partition coefficient (Wildman–Crippen LogP) is -0.140. The number of hydrogen-bond donors (Lipinski definition) is 1. The first-order chi connectivity index (χ1) is 7.57. The van der Waals surface area contributed by atoms with Gasteiger partial charge in [-0.15, -0.1) is 0 Å². The van der Waals surface area contributed by atoms with E-state index in [1.165, 1.54) is 0 Å². The molecule has 1 saturated heterocycles. The molecule has 0 aliphatic carbocycles. The first kappa shape index (κ1) is 13.4. The van der Waals surface area contributed by atoms with Gasteiger partial charge < -0.3 is 19.7 Å². The van der Waals surface area contributed by atoms with Gasteiger partial charge in [-0.2, -0.15) is 0 Å². The Morgan fingerprint density at radius 1 is 1.50 bits per heavy atom. The molecule has 0 saturated carbocycles. The number of rotatable bonds is 7. The fraction of sp³-hybridized carbons (Fsp3) is 0.909. The molecule has 0 unspecified atom stereocenters. The molecule has 0 spiro atoms. The van der Waals surface area contributed by atoms with Gasteiger partial charge in [-0.25, -0.2) is 0 Å². The molecule has 0 radical (unpaired) electrons. The van der Waals surface area contributed by atoms with Gasteiger partial charge in [0.1, 0.15) is 6.61 Å². The lowest BCUT2D eigenvalue weighted by atomic mass is 10.0. The highest BCUT2D eigenvalue weighted by molar-refractivity contribution is 5.77. The lowest BCUT2D eigenvalue weighted by Crippen LogP contribution is -2.59. The predicted molar refractivity (Wildman–Crippen MR) is 61.4 cm³/mol. The van der Waals surface area contributed by atoms with Gasteiger partial charge in [0, 0.05) is 33.3 Å². The minimum absolute atomic E-state index is 0.00725. The first-order valence-electron chi connectivity index (χ1n) is 5.74. The van der Waals surface area contributed by atoms with E-state index in [4.69, 9.17) is 9.47 Å². The van der Waals surface area contributed by atoms with E-state index in [0.717, 1.165) is 13.1 Å². The minimum Gasteiger partial charge on any atom is -0.380 e. The zero-order valence-corrected chi connectivity index (χ0v) is 10.4. The van der Waals surface area contributed by atoms with Crippen LogP contribution >= 0.6 is 0 Å². The molecule has 1 rings (SSSR count). The zero-order chi connectivity index (χ0) is 12.0. The number of carbonyl (C=O) groups excluding carboxylic acids is 1. The molecule has 0 bridgehead atoms. The summed E-state index contributed by atoms with van der Waals surface area (Å²) in [7, 11) is 1.77. The third kappa shape index (κ3) is 4.08. The summed E-state index contributed by atoms with van der Waals surface area (Å²) in [5.74, 6) is 0.00725. The maximum atomic E-state index is 11.6. The quantitative estimate of drug-likeness (QED) is 0.619. The molecule has 0 aromatic carbocycles. The van der Waals surface area contributed by atoms with Crippen molar-refractivity contribution in [3.8, 4) is 0 Å². The third-order valence-corrected chi connectivity index (χ3v) is 2.74. The molecular formula is C11H22N2O3. The molecule has 1 heterocycles. The molecular weight excluding hydrogens is 208 g/mol. The van der Waals surface area contributed by atoms with Crippen LogP contribution in [-0.2, 0) is 14.3 Å². The Hall–Kier alpha value is -0.650. The molecule has 0 atom stereocenters. The van der Waals surface area contributed by atoms with E-state index < -0.39 is 0 Å². The molecule has 1 amide bonds. The minimum atomic E-state index is -0.156. The van der Waals surface area contributed by atoms with Crippen molar-refractivity contribution < 1.29 is 14.3 Å². The van der Waals surface area contributed by atoms with Crippen molar-refractivity contribution in [3.63, 3.8) is 0 Å². The van der Waals surface area contributed by atoms with E-state index in [1.807, 2.05) is 13.8 Å². The van der Waals surface area contributed by atoms with Crippen LogP contribution in [0.1, 0.15) is 13.8 Å². The van der Waals surface area contributed by atoms with Gasteiger partial charge in [0.25, 0.3) is 0 Å². The molecule has 0 aromatic heterocycles. The van der Waals surface area contributed by atoms with E-state index in [0.29, 0.717) is 19.8 Å². The molecule has 1 N–H and O–H groups in total. The number of nitrogens with one attached hydrogen (secondary N) is 1. The third-order valence-electron chi connectivity index (χ3n) is 2.74. The highest BCUT2D eigenvalue weighted by Crippen LogP contribution is 2.14. The Bertz CT molecular complexity index is 229. The van der Waals surface area contributed by atoms with E-state index in [-0.39, 0.29) is 18.1 Å². The number of hydrogen-bond acceptors (Lipinski definition) is 4. The molecule has 16 heavy (non-hydrogen) atoms. The van der Waals surface area contributed by atoms with Crippen LogP contribution in [0.5, 0.6) is 0 Å². The fourth-order valence-electron chi connectivity index (χ4n) is 1.40. The average molecular weight is 230 g/mol. The van der Waals surface area contributed by atoms with Crippen molar-refractivity contribution in [2.75, 3.05) is 46.5 Å². The van der Waals surface area contributed by atoms with E-state index in [9.17, 15) is 4.79 Å². The van der Waals surface area contributed by atoms with Gasteiger partial charge in [-0.1, -0.05) is 0 Å². The average Bonchev–Trinajstić information content (AvgIpc) is 2.23. The second-order valence-corrected chi connectivity index (χ2v) is 4.35. The summed E-state index contributed by atoms with van der Waals surface area (Å²) in [5, 5.41) is 3.13. The molecule has 1 aliphatic heterocycles. The second kappa shape index (κ2) is 6.18. The van der Waals surface area contributed by atoms with Crippen molar-refractivity contribution in [3.05, 3.63) is 0 Å². The number of carbonyl (C=O) groups is 1. The Morgan fingerprint density at radius 2 is 2.19 bits per heavy atom. The van der Waals surface area contributed by atoms with Crippen LogP contribution in [0, 0.1) is 0 Å². The Balaban J connectivity index is 2.13. The molecule has 94 valence electrons. The number of ether oxygens (including phenoxy) is 2. The van der Waals surface area contributed by atoms with Gasteiger partial charge in [-0.05, 0) is 13.8 Å². The summed E-state index contributed by atoms with van der Waals surface area (Å²) >= 11 is 0. The Labute approximate surface area is 97.1 Å². The van der Waals surface area contributed by atoms with Crippen molar-refractivity contribution in [2.45, 2.75) is 19.4 Å². The van der Waals surface area contributed by atoms with Crippen LogP contribution in [0.15, 0.2) is 0 Å². The summed E-state index contributed by atoms with van der Waals surface area (Å²) in [4.78, 5) is 13.3. The normalized spacial score (nSPS) is 17.9. The first-order valence-corrected chi connectivity index (χ1v) is 5.74. The lowest BCUT2D eigenvalue weighted by Gasteiger charge is -2.39. The summed E-state index contributed by atoms with van der Waals surface area (Å²) in [6, 6.07) is 0. The SMILES string of the molecule is CCOCCN(C)C(=O)COC1(C)CNC1. The summed E-state index contributed by atoms with van der Waals surface area (Å²) in [5.41, 5.74) is -0.156. The summed E-state index contributed by atoms with van der Waals surface area (Å²) < 4.78 is 10.7. The largest absolute Gasteiger partial charge is 0.380 e. The monoisotopic (exact) mass is 230 g/mol. The van der Waals surface area contributed by atoms with Crippen LogP contribution in [-0.4, -0.2) is 62.9 Å².